The fourth-order valence-electron chi connectivity index (χ4n) is 2.36. The highest BCUT2D eigenvalue weighted by molar-refractivity contribution is 8.00. The Hall–Kier alpha value is -1.38. The van der Waals surface area contributed by atoms with Gasteiger partial charge in [0.2, 0.25) is 11.1 Å². The standard InChI is InChI=1S/C15H20N4O2S2/c1-10(14(20)16-9-11-4-2-6-21-11)23-15-17-13(18-19-15)8-12-5-3-7-22-12/h3,5,7,10-11H,2,4,6,8-9H2,1H3,(H,16,20)(H,17,18,19). The summed E-state index contributed by atoms with van der Waals surface area (Å²) in [7, 11) is 0. The van der Waals surface area contributed by atoms with E-state index in [1.54, 1.807) is 11.3 Å². The van der Waals surface area contributed by atoms with Crippen LogP contribution < -0.4 is 5.32 Å². The van der Waals surface area contributed by atoms with Gasteiger partial charge in [0.05, 0.1) is 11.4 Å². The van der Waals surface area contributed by atoms with Gasteiger partial charge in [0.15, 0.2) is 0 Å². The molecule has 2 atom stereocenters. The lowest BCUT2D eigenvalue weighted by Crippen LogP contribution is -2.36. The monoisotopic (exact) mass is 352 g/mol. The van der Waals surface area contributed by atoms with Crippen molar-refractivity contribution in [1.82, 2.24) is 20.5 Å². The smallest absolute Gasteiger partial charge is 0.233 e. The predicted molar refractivity (Wildman–Crippen MR) is 90.8 cm³/mol. The molecule has 3 rings (SSSR count). The van der Waals surface area contributed by atoms with Crippen LogP contribution in [0.2, 0.25) is 0 Å². The van der Waals surface area contributed by atoms with Crippen molar-refractivity contribution in [2.75, 3.05) is 13.2 Å². The number of hydrogen-bond donors (Lipinski definition) is 2. The summed E-state index contributed by atoms with van der Waals surface area (Å²) in [6, 6.07) is 4.09. The molecule has 1 saturated heterocycles. The lowest BCUT2D eigenvalue weighted by atomic mass is 10.2. The minimum absolute atomic E-state index is 0.00453. The first-order valence-corrected chi connectivity index (χ1v) is 9.46. The van der Waals surface area contributed by atoms with E-state index in [9.17, 15) is 4.79 Å². The highest BCUT2D eigenvalue weighted by Gasteiger charge is 2.20. The van der Waals surface area contributed by atoms with E-state index in [1.165, 1.54) is 16.6 Å². The minimum Gasteiger partial charge on any atom is -0.376 e. The molecule has 2 aromatic rings. The molecule has 23 heavy (non-hydrogen) atoms. The Labute approximate surface area is 143 Å². The Kier molecular flexibility index (Phi) is 5.69. The van der Waals surface area contributed by atoms with Crippen LogP contribution in [0.5, 0.6) is 0 Å². The topological polar surface area (TPSA) is 79.9 Å². The molecule has 6 nitrogen and oxygen atoms in total. The molecule has 0 aromatic carbocycles. The van der Waals surface area contributed by atoms with Crippen LogP contribution in [0, 0.1) is 0 Å². The number of nitrogens with one attached hydrogen (secondary N) is 2. The van der Waals surface area contributed by atoms with Gasteiger partial charge in [0.25, 0.3) is 0 Å². The lowest BCUT2D eigenvalue weighted by Gasteiger charge is -2.13. The number of aromatic amines is 1. The van der Waals surface area contributed by atoms with Crippen LogP contribution in [-0.2, 0) is 16.0 Å². The normalized spacial score (nSPS) is 18.9. The molecule has 0 bridgehead atoms. The van der Waals surface area contributed by atoms with E-state index in [0.29, 0.717) is 11.7 Å². The fraction of sp³-hybridized carbons (Fsp3) is 0.533. The Balaban J connectivity index is 1.46. The second-order valence-electron chi connectivity index (χ2n) is 5.46. The van der Waals surface area contributed by atoms with Gasteiger partial charge in [-0.15, -0.1) is 16.4 Å². The van der Waals surface area contributed by atoms with Crippen molar-refractivity contribution < 1.29 is 9.53 Å². The Morgan fingerprint density at radius 1 is 1.65 bits per heavy atom. The lowest BCUT2D eigenvalue weighted by molar-refractivity contribution is -0.120. The number of rotatable bonds is 7. The molecular weight excluding hydrogens is 332 g/mol. The first-order valence-electron chi connectivity index (χ1n) is 7.70. The zero-order chi connectivity index (χ0) is 16.1. The molecule has 124 valence electrons. The van der Waals surface area contributed by atoms with E-state index in [2.05, 4.69) is 26.6 Å². The molecule has 1 fully saturated rings. The maximum absolute atomic E-state index is 12.1. The average Bonchev–Trinajstić information content (AvgIpc) is 3.28. The maximum atomic E-state index is 12.1. The molecular formula is C15H20N4O2S2. The zero-order valence-electron chi connectivity index (χ0n) is 12.9. The average molecular weight is 352 g/mol. The Bertz CT molecular complexity index is 623. The van der Waals surface area contributed by atoms with Gasteiger partial charge in [0, 0.05) is 24.4 Å². The van der Waals surface area contributed by atoms with Crippen molar-refractivity contribution in [1.29, 1.82) is 0 Å². The van der Waals surface area contributed by atoms with E-state index in [-0.39, 0.29) is 17.3 Å². The van der Waals surface area contributed by atoms with Gasteiger partial charge in [-0.3, -0.25) is 9.89 Å². The molecule has 0 radical (unpaired) electrons. The number of thiophene rings is 1. The van der Waals surface area contributed by atoms with Gasteiger partial charge in [-0.05, 0) is 31.2 Å². The molecule has 0 aliphatic carbocycles. The van der Waals surface area contributed by atoms with Crippen LogP contribution in [0.15, 0.2) is 22.7 Å². The van der Waals surface area contributed by atoms with Gasteiger partial charge in [-0.1, -0.05) is 17.8 Å². The van der Waals surface area contributed by atoms with Crippen molar-refractivity contribution in [3.05, 3.63) is 28.2 Å². The first-order chi connectivity index (χ1) is 11.2. The third kappa shape index (κ3) is 4.79. The third-order valence-electron chi connectivity index (χ3n) is 3.61. The third-order valence-corrected chi connectivity index (χ3v) is 5.45. The van der Waals surface area contributed by atoms with Crippen molar-refractivity contribution in [3.8, 4) is 0 Å². The van der Waals surface area contributed by atoms with Crippen LogP contribution in [0.4, 0.5) is 0 Å². The molecule has 1 aliphatic heterocycles. The first kappa shape index (κ1) is 16.5. The summed E-state index contributed by atoms with van der Waals surface area (Å²) in [5, 5.41) is 12.5. The number of aromatic nitrogens is 3. The number of thioether (sulfide) groups is 1. The van der Waals surface area contributed by atoms with Gasteiger partial charge in [-0.2, -0.15) is 0 Å². The zero-order valence-corrected chi connectivity index (χ0v) is 14.6. The second kappa shape index (κ2) is 7.94. The van der Waals surface area contributed by atoms with Crippen molar-refractivity contribution in [2.24, 2.45) is 0 Å². The SMILES string of the molecule is CC(Sc1n[nH]c(Cc2cccs2)n1)C(=O)NCC1CCCO1. The minimum atomic E-state index is -0.234. The number of nitrogens with zero attached hydrogens (tertiary/aromatic N) is 2. The summed E-state index contributed by atoms with van der Waals surface area (Å²) in [5.74, 6) is 0.817. The molecule has 2 aromatic heterocycles. The van der Waals surface area contributed by atoms with E-state index in [4.69, 9.17) is 4.74 Å². The summed E-state index contributed by atoms with van der Waals surface area (Å²) >= 11 is 3.06. The van der Waals surface area contributed by atoms with Crippen LogP contribution in [0.3, 0.4) is 0 Å². The van der Waals surface area contributed by atoms with Gasteiger partial charge in [0.1, 0.15) is 5.82 Å². The molecule has 1 aliphatic rings. The number of hydrogen-bond acceptors (Lipinski definition) is 6. The van der Waals surface area contributed by atoms with Crippen molar-refractivity contribution in [3.63, 3.8) is 0 Å². The van der Waals surface area contributed by atoms with E-state index < -0.39 is 0 Å². The number of ether oxygens (including phenoxy) is 1. The molecule has 0 saturated carbocycles. The van der Waals surface area contributed by atoms with Crippen LogP contribution >= 0.6 is 23.1 Å². The maximum Gasteiger partial charge on any atom is 0.233 e. The fourth-order valence-corrected chi connectivity index (χ4v) is 3.84. The van der Waals surface area contributed by atoms with E-state index in [1.807, 2.05) is 18.4 Å². The second-order valence-corrected chi connectivity index (χ2v) is 7.80. The highest BCUT2D eigenvalue weighted by Crippen LogP contribution is 2.21. The number of carbonyl (C=O) groups excluding carboxylic acids is 1. The molecule has 1 amide bonds. The van der Waals surface area contributed by atoms with Crippen molar-refractivity contribution >= 4 is 29.0 Å². The molecule has 2 unspecified atom stereocenters. The van der Waals surface area contributed by atoms with E-state index in [0.717, 1.165) is 31.7 Å². The van der Waals surface area contributed by atoms with Gasteiger partial charge >= 0.3 is 0 Å². The van der Waals surface area contributed by atoms with Gasteiger partial charge in [-0.25, -0.2) is 4.98 Å². The Morgan fingerprint density at radius 2 is 2.57 bits per heavy atom. The van der Waals surface area contributed by atoms with Crippen LogP contribution in [0.25, 0.3) is 0 Å². The molecule has 3 heterocycles. The van der Waals surface area contributed by atoms with Gasteiger partial charge < -0.3 is 10.1 Å². The summed E-state index contributed by atoms with van der Waals surface area (Å²) < 4.78 is 5.50. The number of H-pyrrole nitrogens is 1. The molecule has 8 heteroatoms. The largest absolute Gasteiger partial charge is 0.376 e. The summed E-state index contributed by atoms with van der Waals surface area (Å²) in [4.78, 5) is 17.8. The van der Waals surface area contributed by atoms with Crippen molar-refractivity contribution in [2.45, 2.75) is 42.7 Å². The van der Waals surface area contributed by atoms with Crippen LogP contribution in [-0.4, -0.2) is 45.6 Å². The summed E-state index contributed by atoms with van der Waals surface area (Å²) in [5.41, 5.74) is 0. The quantitative estimate of drug-likeness (QED) is 0.747. The molecule has 2 N–H and O–H groups in total. The predicted octanol–water partition coefficient (Wildman–Crippen LogP) is 2.23. The highest BCUT2D eigenvalue weighted by atomic mass is 32.2. The van der Waals surface area contributed by atoms with E-state index >= 15 is 0 Å². The van der Waals surface area contributed by atoms with Crippen LogP contribution in [0.1, 0.15) is 30.5 Å². The summed E-state index contributed by atoms with van der Waals surface area (Å²) in [6.07, 6.45) is 3.01. The molecule has 0 spiro atoms. The number of amides is 1. The number of carbonyl (C=O) groups is 1. The summed E-state index contributed by atoms with van der Waals surface area (Å²) in [6.45, 7) is 3.25. The Morgan fingerprint density at radius 3 is 3.30 bits per heavy atom.